The van der Waals surface area contributed by atoms with E-state index in [4.69, 9.17) is 5.73 Å². The Kier molecular flexibility index (Phi) is 5.00. The van der Waals surface area contributed by atoms with E-state index in [1.54, 1.807) is 6.92 Å². The lowest BCUT2D eigenvalue weighted by Crippen LogP contribution is -2.33. The van der Waals surface area contributed by atoms with E-state index in [-0.39, 0.29) is 34.9 Å². The van der Waals surface area contributed by atoms with Crippen molar-refractivity contribution in [2.45, 2.75) is 30.7 Å². The van der Waals surface area contributed by atoms with E-state index < -0.39 is 14.9 Å². The number of fused-ring (bicyclic) bond motifs is 1. The molecule has 128 valence electrons. The monoisotopic (exact) mass is 361 g/mol. The second-order valence-corrected chi connectivity index (χ2v) is 8.10. The van der Waals surface area contributed by atoms with Gasteiger partial charge in [-0.3, -0.25) is 10.1 Å². The number of halogens is 1. The molecule has 1 aromatic rings. The molecular weight excluding hydrogens is 342 g/mol. The van der Waals surface area contributed by atoms with Crippen LogP contribution in [0.1, 0.15) is 18.4 Å². The first kappa shape index (κ1) is 18.1. The number of non-ortho nitro benzene ring substituents is 1. The summed E-state index contributed by atoms with van der Waals surface area (Å²) in [5.41, 5.74) is 6.36. The van der Waals surface area contributed by atoms with Crippen LogP contribution in [0.25, 0.3) is 0 Å². The molecule has 7 nitrogen and oxygen atoms in total. The molecule has 1 heterocycles. The van der Waals surface area contributed by atoms with Crippen molar-refractivity contribution in [3.63, 3.8) is 0 Å². The lowest BCUT2D eigenvalue weighted by Gasteiger charge is -2.19. The van der Waals surface area contributed by atoms with Crippen molar-refractivity contribution in [1.29, 1.82) is 0 Å². The summed E-state index contributed by atoms with van der Waals surface area (Å²) in [6.07, 6.45) is 1.89. The van der Waals surface area contributed by atoms with Crippen molar-refractivity contribution in [2.24, 2.45) is 17.6 Å². The summed E-state index contributed by atoms with van der Waals surface area (Å²) in [6, 6.07) is 4.01. The fourth-order valence-corrected chi connectivity index (χ4v) is 5.36. The quantitative estimate of drug-likeness (QED) is 0.651. The summed E-state index contributed by atoms with van der Waals surface area (Å²) in [7, 11) is -3.72. The van der Waals surface area contributed by atoms with Crippen molar-refractivity contribution in [1.82, 2.24) is 4.31 Å². The van der Waals surface area contributed by atoms with Crippen molar-refractivity contribution in [2.75, 3.05) is 13.1 Å². The van der Waals surface area contributed by atoms with Crippen molar-refractivity contribution >= 4 is 28.1 Å². The van der Waals surface area contributed by atoms with Gasteiger partial charge in [-0.05, 0) is 37.2 Å². The molecule has 0 bridgehead atoms. The molecule has 0 spiro atoms. The molecule has 1 saturated heterocycles. The number of aryl methyl sites for hydroxylation is 1. The Morgan fingerprint density at radius 3 is 2.61 bits per heavy atom. The molecule has 3 rings (SSSR count). The molecule has 1 aliphatic carbocycles. The molecule has 1 saturated carbocycles. The van der Waals surface area contributed by atoms with Crippen LogP contribution in [0.15, 0.2) is 23.1 Å². The zero-order valence-electron chi connectivity index (χ0n) is 12.7. The Bertz CT molecular complexity index is 725. The molecule has 0 aromatic heterocycles. The van der Waals surface area contributed by atoms with Gasteiger partial charge in [0.05, 0.1) is 9.82 Å². The summed E-state index contributed by atoms with van der Waals surface area (Å²) in [6.45, 7) is 2.53. The summed E-state index contributed by atoms with van der Waals surface area (Å²) in [5.74, 6) is 0.512. The maximum Gasteiger partial charge on any atom is 0.270 e. The number of sulfonamides is 1. The van der Waals surface area contributed by atoms with Crippen molar-refractivity contribution < 1.29 is 13.3 Å². The molecule has 2 aliphatic rings. The maximum absolute atomic E-state index is 12.8. The summed E-state index contributed by atoms with van der Waals surface area (Å²) < 4.78 is 27.1. The van der Waals surface area contributed by atoms with E-state index in [1.165, 1.54) is 16.4 Å². The molecule has 3 unspecified atom stereocenters. The topological polar surface area (TPSA) is 107 Å². The average Bonchev–Trinajstić information content (AvgIpc) is 3.02. The van der Waals surface area contributed by atoms with E-state index in [0.717, 1.165) is 18.9 Å². The first-order valence-electron chi connectivity index (χ1n) is 7.31. The Morgan fingerprint density at radius 1 is 1.30 bits per heavy atom. The van der Waals surface area contributed by atoms with Crippen LogP contribution in [-0.2, 0) is 10.0 Å². The third kappa shape index (κ3) is 3.08. The molecule has 3 atom stereocenters. The highest BCUT2D eigenvalue weighted by molar-refractivity contribution is 7.89. The van der Waals surface area contributed by atoms with Crippen LogP contribution >= 0.6 is 12.4 Å². The van der Waals surface area contributed by atoms with Gasteiger partial charge in [0.15, 0.2) is 0 Å². The largest absolute Gasteiger partial charge is 0.327 e. The fraction of sp³-hybridized carbons (Fsp3) is 0.571. The second-order valence-electron chi connectivity index (χ2n) is 6.19. The van der Waals surface area contributed by atoms with Gasteiger partial charge in [-0.15, -0.1) is 12.4 Å². The van der Waals surface area contributed by atoms with Crippen LogP contribution in [-0.4, -0.2) is 36.8 Å². The minimum atomic E-state index is -3.72. The second kappa shape index (κ2) is 6.35. The highest BCUT2D eigenvalue weighted by atomic mass is 35.5. The summed E-state index contributed by atoms with van der Waals surface area (Å²) in [4.78, 5) is 10.3. The third-order valence-electron chi connectivity index (χ3n) is 4.88. The van der Waals surface area contributed by atoms with Gasteiger partial charge in [-0.1, -0.05) is 6.07 Å². The van der Waals surface area contributed by atoms with Gasteiger partial charge >= 0.3 is 0 Å². The van der Waals surface area contributed by atoms with E-state index in [0.29, 0.717) is 24.6 Å². The smallest absolute Gasteiger partial charge is 0.270 e. The van der Waals surface area contributed by atoms with E-state index in [2.05, 4.69) is 0 Å². The molecule has 2 fully saturated rings. The minimum absolute atomic E-state index is 0. The van der Waals surface area contributed by atoms with Crippen LogP contribution in [0.4, 0.5) is 5.69 Å². The standard InChI is InChI=1S/C14H19N3O4S.ClH/c1-9-2-4-11(17(18)19)6-14(9)22(20,21)16-7-10-3-5-13(15)12(10)8-16;/h2,4,6,10,12-13H,3,5,7-8,15H2,1H3;1H. The average molecular weight is 362 g/mol. The number of nitro benzene ring substituents is 1. The number of benzene rings is 1. The van der Waals surface area contributed by atoms with Crippen molar-refractivity contribution in [3.05, 3.63) is 33.9 Å². The van der Waals surface area contributed by atoms with Gasteiger partial charge in [0.1, 0.15) is 0 Å². The summed E-state index contributed by atoms with van der Waals surface area (Å²) >= 11 is 0. The molecule has 9 heteroatoms. The van der Waals surface area contributed by atoms with Crippen LogP contribution in [0.5, 0.6) is 0 Å². The number of rotatable bonds is 3. The number of nitro groups is 1. The molecule has 23 heavy (non-hydrogen) atoms. The molecule has 1 aromatic carbocycles. The van der Waals surface area contributed by atoms with Crippen LogP contribution in [0.3, 0.4) is 0 Å². The van der Waals surface area contributed by atoms with Gasteiger partial charge in [0, 0.05) is 31.3 Å². The number of hydrogen-bond acceptors (Lipinski definition) is 5. The Balaban J connectivity index is 0.00000192. The maximum atomic E-state index is 12.8. The predicted octanol–water partition coefficient (Wildman–Crippen LogP) is 1.68. The van der Waals surface area contributed by atoms with Crippen molar-refractivity contribution in [3.8, 4) is 0 Å². The van der Waals surface area contributed by atoms with E-state index in [9.17, 15) is 18.5 Å². The lowest BCUT2D eigenvalue weighted by molar-refractivity contribution is -0.385. The Labute approximate surface area is 141 Å². The molecule has 2 N–H and O–H groups in total. The Morgan fingerprint density at radius 2 is 2.00 bits per heavy atom. The van der Waals surface area contributed by atoms with E-state index in [1.807, 2.05) is 0 Å². The number of hydrogen-bond donors (Lipinski definition) is 1. The number of nitrogens with two attached hydrogens (primary N) is 1. The van der Waals surface area contributed by atoms with Gasteiger partial charge in [-0.25, -0.2) is 8.42 Å². The lowest BCUT2D eigenvalue weighted by atomic mass is 9.98. The van der Waals surface area contributed by atoms with Gasteiger partial charge in [0.2, 0.25) is 10.0 Å². The highest BCUT2D eigenvalue weighted by Gasteiger charge is 2.45. The third-order valence-corrected chi connectivity index (χ3v) is 6.85. The minimum Gasteiger partial charge on any atom is -0.327 e. The molecular formula is C14H20ClN3O4S. The highest BCUT2D eigenvalue weighted by Crippen LogP contribution is 2.39. The van der Waals surface area contributed by atoms with Gasteiger partial charge in [-0.2, -0.15) is 4.31 Å². The van der Waals surface area contributed by atoms with Gasteiger partial charge in [0.25, 0.3) is 5.69 Å². The first-order chi connectivity index (χ1) is 10.3. The van der Waals surface area contributed by atoms with Crippen LogP contribution in [0.2, 0.25) is 0 Å². The molecule has 0 radical (unpaired) electrons. The SMILES string of the molecule is Cc1ccc([N+](=O)[O-])cc1S(=O)(=O)N1CC2CCC(N)C2C1.Cl. The predicted molar refractivity (Wildman–Crippen MR) is 88.0 cm³/mol. The zero-order chi connectivity index (χ0) is 16.1. The normalized spacial score (nSPS) is 27.5. The van der Waals surface area contributed by atoms with Crippen LogP contribution in [0, 0.1) is 28.9 Å². The number of nitrogens with zero attached hydrogens (tertiary/aromatic N) is 2. The molecule has 0 amide bonds. The first-order valence-corrected chi connectivity index (χ1v) is 8.75. The van der Waals surface area contributed by atoms with Crippen LogP contribution < -0.4 is 5.73 Å². The Hall–Kier alpha value is -1.22. The summed E-state index contributed by atoms with van der Waals surface area (Å²) in [5, 5.41) is 10.9. The zero-order valence-corrected chi connectivity index (χ0v) is 14.3. The van der Waals surface area contributed by atoms with E-state index >= 15 is 0 Å². The fourth-order valence-electron chi connectivity index (χ4n) is 3.58. The molecule has 1 aliphatic heterocycles. The van der Waals surface area contributed by atoms with Gasteiger partial charge < -0.3 is 5.73 Å².